The van der Waals surface area contributed by atoms with E-state index in [0.29, 0.717) is 16.4 Å². The topological polar surface area (TPSA) is 59.1 Å². The summed E-state index contributed by atoms with van der Waals surface area (Å²) in [6.07, 6.45) is 0.898. The number of hydrogen-bond acceptors (Lipinski definition) is 3. The molecule has 0 fully saturated rings. The first-order chi connectivity index (χ1) is 8.49. The van der Waals surface area contributed by atoms with Crippen molar-refractivity contribution in [1.82, 2.24) is 4.98 Å². The molecule has 18 heavy (non-hydrogen) atoms. The van der Waals surface area contributed by atoms with Gasteiger partial charge in [-0.05, 0) is 48.7 Å². The number of halogens is 1. The van der Waals surface area contributed by atoms with Gasteiger partial charge in [-0.25, -0.2) is 4.98 Å². The zero-order valence-corrected chi connectivity index (χ0v) is 11.1. The van der Waals surface area contributed by atoms with Crippen LogP contribution < -0.4 is 5.73 Å². The van der Waals surface area contributed by atoms with Crippen molar-refractivity contribution < 1.29 is 5.11 Å². The molecule has 0 saturated carbocycles. The molecule has 94 valence electrons. The predicted molar refractivity (Wildman–Crippen MR) is 73.6 cm³/mol. The molecule has 0 bridgehead atoms. The summed E-state index contributed by atoms with van der Waals surface area (Å²) in [6, 6.07) is 7.23. The summed E-state index contributed by atoms with van der Waals surface area (Å²) in [7, 11) is 0. The molecule has 1 unspecified atom stereocenters. The lowest BCUT2D eigenvalue weighted by molar-refractivity contribution is 0.220. The lowest BCUT2D eigenvalue weighted by atomic mass is 9.97. The molecule has 0 aliphatic carbocycles. The van der Waals surface area contributed by atoms with Crippen molar-refractivity contribution in [2.75, 3.05) is 5.73 Å². The Balaban J connectivity index is 2.47. The molecule has 0 amide bonds. The fraction of sp³-hybridized carbons (Fsp3) is 0.214. The number of aliphatic hydroxyl groups is 1. The first-order valence-corrected chi connectivity index (χ1v) is 6.03. The summed E-state index contributed by atoms with van der Waals surface area (Å²) in [5.74, 6) is 0.349. The van der Waals surface area contributed by atoms with E-state index in [2.05, 4.69) is 4.98 Å². The Kier molecular flexibility index (Phi) is 3.55. The van der Waals surface area contributed by atoms with Gasteiger partial charge in [-0.3, -0.25) is 0 Å². The quantitative estimate of drug-likeness (QED) is 0.875. The molecule has 0 spiro atoms. The minimum absolute atomic E-state index is 0.349. The van der Waals surface area contributed by atoms with Crippen LogP contribution in [0.3, 0.4) is 0 Å². The molecular formula is C14H15ClN2O. The molecule has 1 heterocycles. The Hall–Kier alpha value is -1.58. The van der Waals surface area contributed by atoms with Gasteiger partial charge in [0.2, 0.25) is 0 Å². The Morgan fingerprint density at radius 3 is 2.61 bits per heavy atom. The van der Waals surface area contributed by atoms with Crippen molar-refractivity contribution in [1.29, 1.82) is 0 Å². The Morgan fingerprint density at radius 1 is 1.22 bits per heavy atom. The molecule has 1 atom stereocenters. The van der Waals surface area contributed by atoms with Crippen molar-refractivity contribution in [3.63, 3.8) is 0 Å². The van der Waals surface area contributed by atoms with E-state index in [1.54, 1.807) is 12.3 Å². The van der Waals surface area contributed by atoms with Crippen LogP contribution in [0.1, 0.15) is 28.4 Å². The summed E-state index contributed by atoms with van der Waals surface area (Å²) < 4.78 is 0. The number of rotatable bonds is 2. The lowest BCUT2D eigenvalue weighted by Gasteiger charge is -2.16. The van der Waals surface area contributed by atoms with E-state index in [1.807, 2.05) is 32.0 Å². The SMILES string of the molecule is Cc1cnc(N)c(C(O)c2ccc(Cl)cc2C)c1. The van der Waals surface area contributed by atoms with Gasteiger partial charge in [-0.1, -0.05) is 17.7 Å². The molecule has 3 N–H and O–H groups in total. The monoisotopic (exact) mass is 262 g/mol. The first kappa shape index (κ1) is 12.9. The van der Waals surface area contributed by atoms with E-state index in [0.717, 1.165) is 16.7 Å². The average molecular weight is 263 g/mol. The van der Waals surface area contributed by atoms with Gasteiger partial charge < -0.3 is 10.8 Å². The second kappa shape index (κ2) is 4.96. The van der Waals surface area contributed by atoms with Gasteiger partial charge in [-0.15, -0.1) is 0 Å². The Bertz CT molecular complexity index is 584. The number of nitrogens with two attached hydrogens (primary N) is 1. The summed E-state index contributed by atoms with van der Waals surface area (Å²) in [6.45, 7) is 3.82. The number of aromatic nitrogens is 1. The maximum Gasteiger partial charge on any atom is 0.129 e. The number of nitrogen functional groups attached to an aromatic ring is 1. The average Bonchev–Trinajstić information content (AvgIpc) is 2.31. The van der Waals surface area contributed by atoms with Gasteiger partial charge >= 0.3 is 0 Å². The molecular weight excluding hydrogens is 248 g/mol. The summed E-state index contributed by atoms with van der Waals surface area (Å²) in [5, 5.41) is 11.1. The van der Waals surface area contributed by atoms with Crippen molar-refractivity contribution in [2.24, 2.45) is 0 Å². The number of aryl methyl sites for hydroxylation is 2. The number of pyridine rings is 1. The third kappa shape index (κ3) is 2.47. The number of aliphatic hydroxyl groups excluding tert-OH is 1. The summed E-state index contributed by atoms with van der Waals surface area (Å²) in [4.78, 5) is 4.06. The minimum Gasteiger partial charge on any atom is -0.384 e. The van der Waals surface area contributed by atoms with Crippen LogP contribution in [0.25, 0.3) is 0 Å². The van der Waals surface area contributed by atoms with Crippen LogP contribution in [-0.4, -0.2) is 10.1 Å². The molecule has 0 saturated heterocycles. The van der Waals surface area contributed by atoms with Gasteiger partial charge in [0, 0.05) is 16.8 Å². The molecule has 3 nitrogen and oxygen atoms in total. The van der Waals surface area contributed by atoms with E-state index >= 15 is 0 Å². The fourth-order valence-corrected chi connectivity index (χ4v) is 2.16. The number of hydrogen-bond donors (Lipinski definition) is 2. The molecule has 0 aliphatic rings. The highest BCUT2D eigenvalue weighted by Crippen LogP contribution is 2.29. The highest BCUT2D eigenvalue weighted by atomic mass is 35.5. The van der Waals surface area contributed by atoms with E-state index in [-0.39, 0.29) is 0 Å². The van der Waals surface area contributed by atoms with Crippen molar-refractivity contribution >= 4 is 17.4 Å². The molecule has 4 heteroatoms. The van der Waals surface area contributed by atoms with Crippen LogP contribution in [0.4, 0.5) is 5.82 Å². The number of nitrogens with zero attached hydrogens (tertiary/aromatic N) is 1. The molecule has 0 radical (unpaired) electrons. The third-order valence-corrected chi connectivity index (χ3v) is 3.14. The van der Waals surface area contributed by atoms with Gasteiger partial charge in [0.05, 0.1) is 0 Å². The second-order valence-corrected chi connectivity index (χ2v) is 4.83. The molecule has 1 aromatic heterocycles. The molecule has 2 aromatic rings. The molecule has 1 aromatic carbocycles. The van der Waals surface area contributed by atoms with E-state index in [1.165, 1.54) is 0 Å². The second-order valence-electron chi connectivity index (χ2n) is 4.39. The zero-order valence-electron chi connectivity index (χ0n) is 10.3. The lowest BCUT2D eigenvalue weighted by Crippen LogP contribution is -2.07. The largest absolute Gasteiger partial charge is 0.384 e. The molecule has 0 aliphatic heterocycles. The van der Waals surface area contributed by atoms with Gasteiger partial charge in [0.25, 0.3) is 0 Å². The Morgan fingerprint density at radius 2 is 1.94 bits per heavy atom. The van der Waals surface area contributed by atoms with Crippen LogP contribution in [0.15, 0.2) is 30.5 Å². The van der Waals surface area contributed by atoms with E-state index < -0.39 is 6.10 Å². The summed E-state index contributed by atoms with van der Waals surface area (Å²) in [5.41, 5.74) is 9.12. The van der Waals surface area contributed by atoms with Crippen molar-refractivity contribution in [3.8, 4) is 0 Å². The standard InChI is InChI=1S/C14H15ClN2O/c1-8-5-12(14(16)17-7-8)13(18)11-4-3-10(15)6-9(11)2/h3-7,13,18H,1-2H3,(H2,16,17). The van der Waals surface area contributed by atoms with Crippen molar-refractivity contribution in [3.05, 3.63) is 57.7 Å². The van der Waals surface area contributed by atoms with Gasteiger partial charge in [0.15, 0.2) is 0 Å². The van der Waals surface area contributed by atoms with Gasteiger partial charge in [0.1, 0.15) is 11.9 Å². The predicted octanol–water partition coefficient (Wildman–Crippen LogP) is 3.02. The first-order valence-electron chi connectivity index (χ1n) is 5.65. The van der Waals surface area contributed by atoms with Crippen LogP contribution in [-0.2, 0) is 0 Å². The maximum atomic E-state index is 10.4. The van der Waals surface area contributed by atoms with Gasteiger partial charge in [-0.2, -0.15) is 0 Å². The van der Waals surface area contributed by atoms with E-state index in [4.69, 9.17) is 17.3 Å². The summed E-state index contributed by atoms with van der Waals surface area (Å²) >= 11 is 5.91. The third-order valence-electron chi connectivity index (χ3n) is 2.91. The van der Waals surface area contributed by atoms with Crippen LogP contribution in [0, 0.1) is 13.8 Å². The highest BCUT2D eigenvalue weighted by molar-refractivity contribution is 6.30. The highest BCUT2D eigenvalue weighted by Gasteiger charge is 2.16. The zero-order chi connectivity index (χ0) is 13.3. The minimum atomic E-state index is -0.783. The smallest absolute Gasteiger partial charge is 0.129 e. The van der Waals surface area contributed by atoms with Crippen LogP contribution in [0.5, 0.6) is 0 Å². The van der Waals surface area contributed by atoms with Crippen LogP contribution >= 0.6 is 11.6 Å². The van der Waals surface area contributed by atoms with Crippen molar-refractivity contribution in [2.45, 2.75) is 20.0 Å². The molecule has 2 rings (SSSR count). The maximum absolute atomic E-state index is 10.4. The number of benzene rings is 1. The number of anilines is 1. The Labute approximate surface area is 111 Å². The normalized spacial score (nSPS) is 12.4. The fourth-order valence-electron chi connectivity index (χ4n) is 1.93. The van der Waals surface area contributed by atoms with E-state index in [9.17, 15) is 5.11 Å². The van der Waals surface area contributed by atoms with Crippen LogP contribution in [0.2, 0.25) is 5.02 Å².